The van der Waals surface area contributed by atoms with Crippen molar-refractivity contribution in [2.75, 3.05) is 14.1 Å². The minimum atomic E-state index is -0.464. The lowest BCUT2D eigenvalue weighted by Crippen LogP contribution is -2.15. The number of hydrogen-bond acceptors (Lipinski definition) is 3. The molecule has 1 rings (SSSR count). The minimum absolute atomic E-state index is 0.000188. The minimum Gasteiger partial charge on any atom is -0.389 e. The van der Waals surface area contributed by atoms with Crippen LogP contribution < -0.4 is 0 Å². The van der Waals surface area contributed by atoms with E-state index in [-0.39, 0.29) is 5.24 Å². The van der Waals surface area contributed by atoms with E-state index in [1.807, 2.05) is 24.3 Å². The Morgan fingerprint density at radius 2 is 1.87 bits per heavy atom. The first-order chi connectivity index (χ1) is 7.00. The van der Waals surface area contributed by atoms with Gasteiger partial charge >= 0.3 is 0 Å². The number of hydrogen-bond donors (Lipinski definition) is 1. The zero-order valence-corrected chi connectivity index (χ0v) is 9.91. The van der Waals surface area contributed by atoms with E-state index in [1.165, 1.54) is 16.7 Å². The smallest absolute Gasteiger partial charge is 0.285 e. The summed E-state index contributed by atoms with van der Waals surface area (Å²) in [6.07, 6.45) is -0.464. The van der Waals surface area contributed by atoms with E-state index >= 15 is 0 Å². The summed E-state index contributed by atoms with van der Waals surface area (Å²) in [6, 6.07) is 7.34. The van der Waals surface area contributed by atoms with Crippen molar-refractivity contribution in [3.63, 3.8) is 0 Å². The first-order valence-electron chi connectivity index (χ1n) is 4.68. The Hall–Kier alpha value is -1.00. The summed E-state index contributed by atoms with van der Waals surface area (Å²) in [6.45, 7) is 1.72. The monoisotopic (exact) mass is 225 g/mol. The largest absolute Gasteiger partial charge is 0.389 e. The molecule has 0 saturated heterocycles. The van der Waals surface area contributed by atoms with Gasteiger partial charge in [0.2, 0.25) is 0 Å². The lowest BCUT2D eigenvalue weighted by molar-refractivity contribution is 0.199. The Kier molecular flexibility index (Phi) is 4.17. The Morgan fingerprint density at radius 3 is 2.27 bits per heavy atom. The van der Waals surface area contributed by atoms with Gasteiger partial charge in [0.15, 0.2) is 0 Å². The third-order valence-corrected chi connectivity index (χ3v) is 2.98. The molecule has 0 aliphatic rings. The Balaban J connectivity index is 2.69. The van der Waals surface area contributed by atoms with Crippen LogP contribution in [-0.4, -0.2) is 29.3 Å². The molecule has 1 unspecified atom stereocenters. The molecule has 0 aromatic heterocycles. The van der Waals surface area contributed by atoms with Crippen molar-refractivity contribution >= 4 is 17.0 Å². The van der Waals surface area contributed by atoms with Gasteiger partial charge in [0.05, 0.1) is 6.10 Å². The maximum atomic E-state index is 11.4. The van der Waals surface area contributed by atoms with Crippen molar-refractivity contribution in [1.82, 2.24) is 4.90 Å². The van der Waals surface area contributed by atoms with Gasteiger partial charge in [-0.1, -0.05) is 12.1 Å². The highest BCUT2D eigenvalue weighted by molar-refractivity contribution is 8.13. The lowest BCUT2D eigenvalue weighted by atomic mass is 10.1. The number of thioether (sulfide) groups is 1. The number of amides is 1. The number of nitrogens with zero attached hydrogens (tertiary/aromatic N) is 1. The SMILES string of the molecule is CC(O)c1ccc(SC(=O)N(C)C)cc1. The zero-order valence-electron chi connectivity index (χ0n) is 9.10. The van der Waals surface area contributed by atoms with Crippen molar-refractivity contribution in [3.8, 4) is 0 Å². The predicted octanol–water partition coefficient (Wildman–Crippen LogP) is 2.51. The van der Waals surface area contributed by atoms with E-state index in [0.29, 0.717) is 0 Å². The fourth-order valence-electron chi connectivity index (χ4n) is 1.01. The van der Waals surface area contributed by atoms with Gasteiger partial charge in [-0.05, 0) is 36.4 Å². The van der Waals surface area contributed by atoms with Crippen LogP contribution >= 0.6 is 11.8 Å². The molecule has 0 bridgehead atoms. The standard InChI is InChI=1S/C11H15NO2S/c1-8(13)9-4-6-10(7-5-9)15-11(14)12(2)3/h4-8,13H,1-3H3. The van der Waals surface area contributed by atoms with E-state index in [0.717, 1.165) is 10.5 Å². The molecule has 1 aromatic carbocycles. The second-order valence-electron chi connectivity index (χ2n) is 3.51. The first kappa shape index (κ1) is 12.1. The molecule has 0 heterocycles. The Morgan fingerprint density at radius 1 is 1.33 bits per heavy atom. The fourth-order valence-corrected chi connectivity index (χ4v) is 1.66. The molecule has 0 aliphatic carbocycles. The maximum absolute atomic E-state index is 11.4. The van der Waals surface area contributed by atoms with Crippen molar-refractivity contribution in [2.45, 2.75) is 17.9 Å². The topological polar surface area (TPSA) is 40.5 Å². The van der Waals surface area contributed by atoms with Gasteiger partial charge in [-0.15, -0.1) is 0 Å². The summed E-state index contributed by atoms with van der Waals surface area (Å²) < 4.78 is 0. The molecule has 1 atom stereocenters. The molecule has 4 heteroatoms. The van der Waals surface area contributed by atoms with Crippen molar-refractivity contribution in [1.29, 1.82) is 0 Å². The number of carbonyl (C=O) groups is 1. The molecule has 82 valence electrons. The number of benzene rings is 1. The van der Waals surface area contributed by atoms with Crippen LogP contribution in [0.3, 0.4) is 0 Å². The van der Waals surface area contributed by atoms with Gasteiger partial charge in [-0.25, -0.2) is 0 Å². The highest BCUT2D eigenvalue weighted by atomic mass is 32.2. The van der Waals surface area contributed by atoms with Gasteiger partial charge in [0.25, 0.3) is 5.24 Å². The molecular weight excluding hydrogens is 210 g/mol. The van der Waals surface area contributed by atoms with Crippen LogP contribution in [0.1, 0.15) is 18.6 Å². The van der Waals surface area contributed by atoms with Gasteiger partial charge in [-0.3, -0.25) is 4.79 Å². The number of aliphatic hydroxyl groups is 1. The van der Waals surface area contributed by atoms with Crippen LogP contribution in [-0.2, 0) is 0 Å². The van der Waals surface area contributed by atoms with E-state index in [9.17, 15) is 9.90 Å². The molecule has 15 heavy (non-hydrogen) atoms. The summed E-state index contributed by atoms with van der Waals surface area (Å²) in [5.41, 5.74) is 0.858. The molecule has 1 amide bonds. The molecule has 1 N–H and O–H groups in total. The second-order valence-corrected chi connectivity index (χ2v) is 4.53. The molecule has 3 nitrogen and oxygen atoms in total. The summed E-state index contributed by atoms with van der Waals surface area (Å²) in [4.78, 5) is 13.8. The molecule has 0 fully saturated rings. The molecule has 0 saturated carbocycles. The first-order valence-corrected chi connectivity index (χ1v) is 5.49. The van der Waals surface area contributed by atoms with Gasteiger partial charge in [0, 0.05) is 19.0 Å². The third-order valence-electron chi connectivity index (χ3n) is 1.93. The van der Waals surface area contributed by atoms with E-state index in [4.69, 9.17) is 0 Å². The number of carbonyl (C=O) groups excluding carboxylic acids is 1. The fraction of sp³-hybridized carbons (Fsp3) is 0.364. The van der Waals surface area contributed by atoms with Gasteiger partial charge in [0.1, 0.15) is 0 Å². The van der Waals surface area contributed by atoms with E-state index in [2.05, 4.69) is 0 Å². The lowest BCUT2D eigenvalue weighted by Gasteiger charge is -2.09. The maximum Gasteiger partial charge on any atom is 0.285 e. The second kappa shape index (κ2) is 5.19. The molecule has 0 radical (unpaired) electrons. The summed E-state index contributed by atoms with van der Waals surface area (Å²) in [7, 11) is 3.44. The molecule has 0 aliphatic heterocycles. The average Bonchev–Trinajstić information content (AvgIpc) is 2.18. The molecule has 0 spiro atoms. The molecular formula is C11H15NO2S. The predicted molar refractivity (Wildman–Crippen MR) is 62.0 cm³/mol. The molecule has 1 aromatic rings. The summed E-state index contributed by atoms with van der Waals surface area (Å²) >= 11 is 1.18. The number of aliphatic hydroxyl groups excluding tert-OH is 1. The number of rotatable bonds is 2. The Labute approximate surface area is 94.1 Å². The average molecular weight is 225 g/mol. The van der Waals surface area contributed by atoms with Crippen LogP contribution in [0.15, 0.2) is 29.2 Å². The quantitative estimate of drug-likeness (QED) is 0.786. The third kappa shape index (κ3) is 3.57. The zero-order chi connectivity index (χ0) is 11.4. The van der Waals surface area contributed by atoms with Crippen LogP contribution in [0.2, 0.25) is 0 Å². The van der Waals surface area contributed by atoms with Crippen molar-refractivity contribution in [3.05, 3.63) is 29.8 Å². The highest BCUT2D eigenvalue weighted by Crippen LogP contribution is 2.22. The van der Waals surface area contributed by atoms with Crippen LogP contribution in [0.4, 0.5) is 4.79 Å². The van der Waals surface area contributed by atoms with Crippen LogP contribution in [0.5, 0.6) is 0 Å². The van der Waals surface area contributed by atoms with Crippen molar-refractivity contribution < 1.29 is 9.90 Å². The van der Waals surface area contributed by atoms with Gasteiger partial charge in [-0.2, -0.15) is 0 Å². The van der Waals surface area contributed by atoms with Crippen molar-refractivity contribution in [2.24, 2.45) is 0 Å². The highest BCUT2D eigenvalue weighted by Gasteiger charge is 2.07. The van der Waals surface area contributed by atoms with Crippen LogP contribution in [0.25, 0.3) is 0 Å². The van der Waals surface area contributed by atoms with Crippen LogP contribution in [0, 0.1) is 0 Å². The summed E-state index contributed by atoms with van der Waals surface area (Å²) in [5.74, 6) is 0. The van der Waals surface area contributed by atoms with E-state index in [1.54, 1.807) is 21.0 Å². The summed E-state index contributed by atoms with van der Waals surface area (Å²) in [5, 5.41) is 9.30. The Bertz CT molecular complexity index is 333. The van der Waals surface area contributed by atoms with Gasteiger partial charge < -0.3 is 10.0 Å². The van der Waals surface area contributed by atoms with E-state index < -0.39 is 6.10 Å². The normalized spacial score (nSPS) is 12.3.